The van der Waals surface area contributed by atoms with Crippen LogP contribution in [0.4, 0.5) is 0 Å². The van der Waals surface area contributed by atoms with Crippen molar-refractivity contribution in [1.82, 2.24) is 9.88 Å². The lowest BCUT2D eigenvalue weighted by Gasteiger charge is -2.45. The fraction of sp³-hybridized carbons (Fsp3) is 0.455. The molecule has 2 aliphatic rings. The van der Waals surface area contributed by atoms with Crippen molar-refractivity contribution in [2.45, 2.75) is 37.7 Å². The molecule has 1 spiro atoms. The predicted molar refractivity (Wildman–Crippen MR) is 103 cm³/mol. The first-order valence-electron chi connectivity index (χ1n) is 9.69. The molecule has 1 aromatic heterocycles. The second-order valence-electron chi connectivity index (χ2n) is 7.32. The molecule has 1 saturated heterocycles. The van der Waals surface area contributed by atoms with Crippen LogP contribution in [0.15, 0.2) is 42.7 Å². The molecular formula is C22H26N2O3. The maximum absolute atomic E-state index is 12.7. The van der Waals surface area contributed by atoms with E-state index in [0.717, 1.165) is 56.7 Å². The van der Waals surface area contributed by atoms with E-state index in [9.17, 15) is 4.79 Å². The SMILES string of the molecule is COc1cccc2c1C1(CCN(C(=O)CCc3ccncc3)CC1)OCC2. The zero-order chi connectivity index (χ0) is 18.7. The van der Waals surface area contributed by atoms with Crippen LogP contribution in [0.3, 0.4) is 0 Å². The highest BCUT2D eigenvalue weighted by Crippen LogP contribution is 2.45. The highest BCUT2D eigenvalue weighted by molar-refractivity contribution is 5.76. The van der Waals surface area contributed by atoms with Gasteiger partial charge >= 0.3 is 0 Å². The average molecular weight is 366 g/mol. The highest BCUT2D eigenvalue weighted by Gasteiger charge is 2.43. The first-order chi connectivity index (χ1) is 13.2. The van der Waals surface area contributed by atoms with Gasteiger partial charge in [-0.3, -0.25) is 9.78 Å². The Labute approximate surface area is 160 Å². The number of piperidine rings is 1. The van der Waals surface area contributed by atoms with Crippen molar-refractivity contribution in [2.75, 3.05) is 26.8 Å². The van der Waals surface area contributed by atoms with Crippen LogP contribution in [0.2, 0.25) is 0 Å². The van der Waals surface area contributed by atoms with Crippen molar-refractivity contribution in [3.05, 3.63) is 59.4 Å². The minimum absolute atomic E-state index is 0.220. The molecule has 1 amide bonds. The minimum Gasteiger partial charge on any atom is -0.496 e. The molecule has 0 radical (unpaired) electrons. The van der Waals surface area contributed by atoms with Crippen LogP contribution in [0.5, 0.6) is 5.75 Å². The van der Waals surface area contributed by atoms with E-state index in [1.807, 2.05) is 23.1 Å². The number of carbonyl (C=O) groups is 1. The summed E-state index contributed by atoms with van der Waals surface area (Å²) in [5.41, 5.74) is 3.35. The number of aryl methyl sites for hydroxylation is 1. The number of hydrogen-bond donors (Lipinski definition) is 0. The number of pyridine rings is 1. The van der Waals surface area contributed by atoms with E-state index in [-0.39, 0.29) is 11.5 Å². The predicted octanol–water partition coefficient (Wildman–Crippen LogP) is 3.11. The number of amides is 1. The zero-order valence-corrected chi connectivity index (χ0v) is 15.8. The third-order valence-corrected chi connectivity index (χ3v) is 5.84. The van der Waals surface area contributed by atoms with Gasteiger partial charge in [-0.05, 0) is 55.0 Å². The van der Waals surface area contributed by atoms with Crippen molar-refractivity contribution >= 4 is 5.91 Å². The lowest BCUT2D eigenvalue weighted by Crippen LogP contribution is -2.48. The van der Waals surface area contributed by atoms with Gasteiger partial charge in [0.25, 0.3) is 0 Å². The summed E-state index contributed by atoms with van der Waals surface area (Å²) in [7, 11) is 1.72. The second kappa shape index (κ2) is 7.69. The molecule has 5 heteroatoms. The summed E-state index contributed by atoms with van der Waals surface area (Å²) in [6, 6.07) is 10.2. The van der Waals surface area contributed by atoms with E-state index in [0.29, 0.717) is 6.42 Å². The third kappa shape index (κ3) is 3.56. The van der Waals surface area contributed by atoms with Crippen LogP contribution in [-0.2, 0) is 28.0 Å². The summed E-state index contributed by atoms with van der Waals surface area (Å²) in [5, 5.41) is 0. The largest absolute Gasteiger partial charge is 0.496 e. The lowest BCUT2D eigenvalue weighted by molar-refractivity contribution is -0.140. The maximum Gasteiger partial charge on any atom is 0.222 e. The first-order valence-corrected chi connectivity index (χ1v) is 9.69. The summed E-state index contributed by atoms with van der Waals surface area (Å²) in [4.78, 5) is 18.7. The van der Waals surface area contributed by atoms with E-state index >= 15 is 0 Å². The van der Waals surface area contributed by atoms with Gasteiger partial charge in [0.05, 0.1) is 13.7 Å². The number of aromatic nitrogens is 1. The van der Waals surface area contributed by atoms with Crippen molar-refractivity contribution < 1.29 is 14.3 Å². The fourth-order valence-corrected chi connectivity index (χ4v) is 4.37. The Hall–Kier alpha value is -2.40. The van der Waals surface area contributed by atoms with Gasteiger partial charge in [0.15, 0.2) is 0 Å². The van der Waals surface area contributed by atoms with Crippen molar-refractivity contribution in [3.8, 4) is 5.75 Å². The van der Waals surface area contributed by atoms with Gasteiger partial charge in [-0.2, -0.15) is 0 Å². The standard InChI is InChI=1S/C22H26N2O3/c1-26-19-4-2-3-18-9-16-27-22(21(18)19)10-14-24(15-11-22)20(25)6-5-17-7-12-23-13-8-17/h2-4,7-8,12-13H,5-6,9-11,14-16H2,1H3. The van der Waals surface area contributed by atoms with Gasteiger partial charge in [-0.1, -0.05) is 12.1 Å². The molecule has 0 aliphatic carbocycles. The Bertz CT molecular complexity index is 784. The molecule has 5 nitrogen and oxygen atoms in total. The van der Waals surface area contributed by atoms with Crippen LogP contribution in [0.1, 0.15) is 36.0 Å². The molecule has 3 heterocycles. The summed E-state index contributed by atoms with van der Waals surface area (Å²) < 4.78 is 11.9. The van der Waals surface area contributed by atoms with Gasteiger partial charge < -0.3 is 14.4 Å². The van der Waals surface area contributed by atoms with Gasteiger partial charge in [-0.15, -0.1) is 0 Å². The Balaban J connectivity index is 1.43. The molecule has 2 aromatic rings. The molecule has 2 aliphatic heterocycles. The molecular weight excluding hydrogens is 340 g/mol. The van der Waals surface area contributed by atoms with Gasteiger partial charge in [0, 0.05) is 37.5 Å². The highest BCUT2D eigenvalue weighted by atomic mass is 16.5. The molecule has 1 fully saturated rings. The Kier molecular flexibility index (Phi) is 5.12. The molecule has 0 atom stereocenters. The van der Waals surface area contributed by atoms with Crippen LogP contribution < -0.4 is 4.74 Å². The summed E-state index contributed by atoms with van der Waals surface area (Å²) in [6.45, 7) is 2.19. The summed E-state index contributed by atoms with van der Waals surface area (Å²) in [6.07, 6.45) is 7.41. The van der Waals surface area contributed by atoms with E-state index in [1.54, 1.807) is 19.5 Å². The van der Waals surface area contributed by atoms with Crippen LogP contribution in [0.25, 0.3) is 0 Å². The molecule has 0 bridgehead atoms. The summed E-state index contributed by atoms with van der Waals surface area (Å²) in [5.74, 6) is 1.13. The van der Waals surface area contributed by atoms with E-state index < -0.39 is 0 Å². The third-order valence-electron chi connectivity index (χ3n) is 5.84. The molecule has 0 saturated carbocycles. The number of fused-ring (bicyclic) bond motifs is 2. The monoisotopic (exact) mass is 366 g/mol. The quantitative estimate of drug-likeness (QED) is 0.834. The molecule has 1 aromatic carbocycles. The molecule has 4 rings (SSSR count). The van der Waals surface area contributed by atoms with Crippen LogP contribution >= 0.6 is 0 Å². The number of methoxy groups -OCH3 is 1. The van der Waals surface area contributed by atoms with Gasteiger partial charge in [-0.25, -0.2) is 0 Å². The Morgan fingerprint density at radius 2 is 2.00 bits per heavy atom. The number of benzene rings is 1. The number of likely N-dealkylation sites (tertiary alicyclic amines) is 1. The second-order valence-corrected chi connectivity index (χ2v) is 7.32. The van der Waals surface area contributed by atoms with E-state index in [1.165, 1.54) is 11.1 Å². The average Bonchev–Trinajstić information content (AvgIpc) is 2.73. The number of ether oxygens (including phenoxy) is 2. The van der Waals surface area contributed by atoms with Gasteiger partial charge in [0.1, 0.15) is 11.4 Å². The lowest BCUT2D eigenvalue weighted by atomic mass is 9.78. The van der Waals surface area contributed by atoms with Crippen molar-refractivity contribution in [1.29, 1.82) is 0 Å². The van der Waals surface area contributed by atoms with E-state index in [4.69, 9.17) is 9.47 Å². The van der Waals surface area contributed by atoms with E-state index in [2.05, 4.69) is 17.1 Å². The number of hydrogen-bond acceptors (Lipinski definition) is 4. The Morgan fingerprint density at radius 3 is 2.74 bits per heavy atom. The molecule has 0 N–H and O–H groups in total. The fourth-order valence-electron chi connectivity index (χ4n) is 4.37. The van der Waals surface area contributed by atoms with Crippen molar-refractivity contribution in [3.63, 3.8) is 0 Å². The molecule has 0 unspecified atom stereocenters. The first kappa shape index (κ1) is 18.0. The normalized spacial score (nSPS) is 18.2. The van der Waals surface area contributed by atoms with Crippen LogP contribution in [0, 0.1) is 0 Å². The Morgan fingerprint density at radius 1 is 1.22 bits per heavy atom. The number of rotatable bonds is 4. The number of nitrogens with zero attached hydrogens (tertiary/aromatic N) is 2. The molecule has 142 valence electrons. The summed E-state index contributed by atoms with van der Waals surface area (Å²) >= 11 is 0. The maximum atomic E-state index is 12.7. The minimum atomic E-state index is -0.317. The van der Waals surface area contributed by atoms with Gasteiger partial charge in [0.2, 0.25) is 5.91 Å². The smallest absolute Gasteiger partial charge is 0.222 e. The topological polar surface area (TPSA) is 51.7 Å². The van der Waals surface area contributed by atoms with Crippen molar-refractivity contribution in [2.24, 2.45) is 0 Å². The zero-order valence-electron chi connectivity index (χ0n) is 15.8. The molecule has 27 heavy (non-hydrogen) atoms. The van der Waals surface area contributed by atoms with Crippen LogP contribution in [-0.4, -0.2) is 42.6 Å². The number of carbonyl (C=O) groups excluding carboxylic acids is 1.